The van der Waals surface area contributed by atoms with Crippen molar-refractivity contribution in [3.8, 4) is 0 Å². The van der Waals surface area contributed by atoms with E-state index in [1.54, 1.807) is 0 Å². The Morgan fingerprint density at radius 2 is 2.14 bits per heavy atom. The van der Waals surface area contributed by atoms with E-state index in [1.165, 1.54) is 12.1 Å². The van der Waals surface area contributed by atoms with Crippen molar-refractivity contribution in [2.45, 2.75) is 19.3 Å². The average molecular weight is 286 g/mol. The summed E-state index contributed by atoms with van der Waals surface area (Å²) in [4.78, 5) is 25.4. The first-order valence-electron chi connectivity index (χ1n) is 6.36. The summed E-state index contributed by atoms with van der Waals surface area (Å²) in [7, 11) is 0. The van der Waals surface area contributed by atoms with Crippen LogP contribution >= 0.6 is 0 Å². The van der Waals surface area contributed by atoms with Crippen molar-refractivity contribution in [3.63, 3.8) is 0 Å². The summed E-state index contributed by atoms with van der Waals surface area (Å²) in [5.74, 6) is -1.83. The summed E-state index contributed by atoms with van der Waals surface area (Å²) in [6.45, 7) is 1.93. The smallest absolute Gasteiger partial charge is 0.312 e. The third-order valence-corrected chi connectivity index (χ3v) is 3.16. The van der Waals surface area contributed by atoms with Gasteiger partial charge < -0.3 is 5.11 Å². The van der Waals surface area contributed by atoms with Gasteiger partial charge >= 0.3 is 5.97 Å². The second-order valence-electron chi connectivity index (χ2n) is 4.78. The predicted molar refractivity (Wildman–Crippen MR) is 76.2 cm³/mol. The number of pyridine rings is 1. The molecule has 108 valence electrons. The van der Waals surface area contributed by atoms with Crippen molar-refractivity contribution in [2.75, 3.05) is 0 Å². The molecule has 0 aliphatic carbocycles. The molecule has 0 amide bonds. The number of carboxylic acid groups (broad SMARTS) is 1. The fourth-order valence-electron chi connectivity index (χ4n) is 2.10. The molecule has 6 heteroatoms. The normalized spacial score (nSPS) is 11.9. The van der Waals surface area contributed by atoms with Crippen molar-refractivity contribution in [3.05, 3.63) is 69.5 Å². The fourth-order valence-corrected chi connectivity index (χ4v) is 2.10. The van der Waals surface area contributed by atoms with Crippen LogP contribution < -0.4 is 0 Å². The summed E-state index contributed by atoms with van der Waals surface area (Å²) >= 11 is 0. The van der Waals surface area contributed by atoms with Gasteiger partial charge in [0, 0.05) is 6.07 Å². The molecule has 0 aliphatic rings. The number of carbonyl (C=O) groups is 1. The zero-order valence-electron chi connectivity index (χ0n) is 11.4. The summed E-state index contributed by atoms with van der Waals surface area (Å²) in [6, 6.07) is 10.2. The fraction of sp³-hybridized carbons (Fsp3) is 0.200. The van der Waals surface area contributed by atoms with Crippen LogP contribution in [0.15, 0.2) is 42.6 Å². The third-order valence-electron chi connectivity index (χ3n) is 3.16. The van der Waals surface area contributed by atoms with Crippen LogP contribution in [0.4, 0.5) is 5.69 Å². The molecule has 1 aromatic carbocycles. The largest absolute Gasteiger partial charge is 0.481 e. The molecule has 21 heavy (non-hydrogen) atoms. The van der Waals surface area contributed by atoms with Gasteiger partial charge in [0.15, 0.2) is 0 Å². The lowest BCUT2D eigenvalue weighted by atomic mass is 9.95. The molecule has 2 rings (SSSR count). The molecule has 2 aromatic rings. The SMILES string of the molecule is Cc1cccc(CC(C(=O)O)c2ccc([N+](=O)[O-])cn2)c1. The Bertz CT molecular complexity index is 668. The maximum Gasteiger partial charge on any atom is 0.312 e. The molecule has 6 nitrogen and oxygen atoms in total. The van der Waals surface area contributed by atoms with Crippen LogP contribution in [0.5, 0.6) is 0 Å². The Morgan fingerprint density at radius 3 is 2.67 bits per heavy atom. The van der Waals surface area contributed by atoms with Crippen molar-refractivity contribution < 1.29 is 14.8 Å². The highest BCUT2D eigenvalue weighted by Crippen LogP contribution is 2.22. The average Bonchev–Trinajstić information content (AvgIpc) is 2.44. The van der Waals surface area contributed by atoms with Gasteiger partial charge in [0.05, 0.1) is 10.6 Å². The predicted octanol–water partition coefficient (Wildman–Crippen LogP) is 2.71. The zero-order chi connectivity index (χ0) is 15.4. The minimum absolute atomic E-state index is 0.154. The van der Waals surface area contributed by atoms with Gasteiger partial charge in [-0.25, -0.2) is 0 Å². The summed E-state index contributed by atoms with van der Waals surface area (Å²) in [5.41, 5.74) is 2.10. The van der Waals surface area contributed by atoms with E-state index in [2.05, 4.69) is 4.98 Å². The van der Waals surface area contributed by atoms with E-state index >= 15 is 0 Å². The van der Waals surface area contributed by atoms with Gasteiger partial charge in [-0.05, 0) is 25.0 Å². The molecule has 1 atom stereocenters. The topological polar surface area (TPSA) is 93.3 Å². The maximum atomic E-state index is 11.4. The quantitative estimate of drug-likeness (QED) is 0.673. The van der Waals surface area contributed by atoms with Gasteiger partial charge in [0.25, 0.3) is 5.69 Å². The van der Waals surface area contributed by atoms with Gasteiger partial charge in [-0.15, -0.1) is 0 Å². The van der Waals surface area contributed by atoms with E-state index in [4.69, 9.17) is 0 Å². The molecule has 0 spiro atoms. The van der Waals surface area contributed by atoms with Gasteiger partial charge in [0.1, 0.15) is 12.1 Å². The molecular weight excluding hydrogens is 272 g/mol. The van der Waals surface area contributed by atoms with Crippen LogP contribution in [-0.4, -0.2) is 21.0 Å². The summed E-state index contributed by atoms with van der Waals surface area (Å²) in [5, 5.41) is 20.0. The monoisotopic (exact) mass is 286 g/mol. The second-order valence-corrected chi connectivity index (χ2v) is 4.78. The van der Waals surface area contributed by atoms with Crippen LogP contribution in [0, 0.1) is 17.0 Å². The Kier molecular flexibility index (Phi) is 4.27. The second kappa shape index (κ2) is 6.13. The number of hydrogen-bond acceptors (Lipinski definition) is 4. The van der Waals surface area contributed by atoms with E-state index in [0.717, 1.165) is 17.3 Å². The highest BCUT2D eigenvalue weighted by Gasteiger charge is 2.22. The van der Waals surface area contributed by atoms with E-state index in [9.17, 15) is 20.0 Å². The molecule has 0 radical (unpaired) electrons. The van der Waals surface area contributed by atoms with E-state index in [0.29, 0.717) is 12.1 Å². The summed E-state index contributed by atoms with van der Waals surface area (Å²) < 4.78 is 0. The van der Waals surface area contributed by atoms with E-state index in [-0.39, 0.29) is 5.69 Å². The number of aromatic nitrogens is 1. The number of nitro groups is 1. The number of nitrogens with zero attached hydrogens (tertiary/aromatic N) is 2. The Morgan fingerprint density at radius 1 is 1.38 bits per heavy atom. The first-order chi connectivity index (χ1) is 9.97. The third kappa shape index (κ3) is 3.62. The van der Waals surface area contributed by atoms with Crippen molar-refractivity contribution >= 4 is 11.7 Å². The minimum Gasteiger partial charge on any atom is -0.481 e. The number of rotatable bonds is 5. The molecule has 0 bridgehead atoms. The van der Waals surface area contributed by atoms with E-state index in [1.807, 2.05) is 31.2 Å². The minimum atomic E-state index is -1.00. The molecule has 1 aromatic heterocycles. The molecule has 1 heterocycles. The zero-order valence-corrected chi connectivity index (χ0v) is 11.4. The van der Waals surface area contributed by atoms with Crippen LogP contribution in [0.2, 0.25) is 0 Å². The maximum absolute atomic E-state index is 11.4. The molecule has 0 saturated carbocycles. The molecule has 0 saturated heterocycles. The molecule has 1 N–H and O–H groups in total. The number of hydrogen-bond donors (Lipinski definition) is 1. The van der Waals surface area contributed by atoms with Crippen molar-refractivity contribution in [2.24, 2.45) is 0 Å². The van der Waals surface area contributed by atoms with Gasteiger partial charge in [0.2, 0.25) is 0 Å². The van der Waals surface area contributed by atoms with Crippen LogP contribution in [0.3, 0.4) is 0 Å². The highest BCUT2D eigenvalue weighted by molar-refractivity contribution is 5.76. The first kappa shape index (κ1) is 14.6. The molecule has 0 fully saturated rings. The van der Waals surface area contributed by atoms with Gasteiger partial charge in [-0.1, -0.05) is 29.8 Å². The standard InChI is InChI=1S/C15H14N2O4/c1-10-3-2-4-11(7-10)8-13(15(18)19)14-6-5-12(9-16-14)17(20)21/h2-7,9,13H,8H2,1H3,(H,18,19). The van der Waals surface area contributed by atoms with Crippen molar-refractivity contribution in [1.82, 2.24) is 4.98 Å². The number of carboxylic acids is 1. The van der Waals surface area contributed by atoms with Gasteiger partial charge in [-0.3, -0.25) is 19.9 Å². The van der Waals surface area contributed by atoms with Crippen LogP contribution in [0.1, 0.15) is 22.7 Å². The summed E-state index contributed by atoms with van der Waals surface area (Å²) in [6.07, 6.45) is 1.38. The number of benzene rings is 1. The number of aliphatic carboxylic acids is 1. The van der Waals surface area contributed by atoms with Crippen LogP contribution in [0.25, 0.3) is 0 Å². The van der Waals surface area contributed by atoms with E-state index < -0.39 is 16.8 Å². The van der Waals surface area contributed by atoms with Gasteiger partial charge in [-0.2, -0.15) is 0 Å². The molecule has 0 aliphatic heterocycles. The van der Waals surface area contributed by atoms with Crippen LogP contribution in [-0.2, 0) is 11.2 Å². The van der Waals surface area contributed by atoms with Crippen molar-refractivity contribution in [1.29, 1.82) is 0 Å². The lowest BCUT2D eigenvalue weighted by molar-refractivity contribution is -0.385. The highest BCUT2D eigenvalue weighted by atomic mass is 16.6. The lowest BCUT2D eigenvalue weighted by Crippen LogP contribution is -2.16. The molecular formula is C15H14N2O4. The lowest BCUT2D eigenvalue weighted by Gasteiger charge is -2.12. The Labute approximate surface area is 121 Å². The first-order valence-corrected chi connectivity index (χ1v) is 6.36. The Balaban J connectivity index is 2.26. The molecule has 1 unspecified atom stereocenters. The Hall–Kier alpha value is -2.76. The number of aryl methyl sites for hydroxylation is 1.